The molecule has 3 N–H and O–H groups in total. The van der Waals surface area contributed by atoms with Gasteiger partial charge in [0.25, 0.3) is 0 Å². The number of aromatic amines is 1. The topological polar surface area (TPSA) is 82.2 Å². The third-order valence-corrected chi connectivity index (χ3v) is 5.01. The third-order valence-electron chi connectivity index (χ3n) is 5.01. The second-order valence-electron chi connectivity index (χ2n) is 6.57. The first-order valence-electron chi connectivity index (χ1n) is 8.74. The molecule has 128 valence electrons. The molecular weight excluding hydrogens is 304 g/mol. The molecule has 0 radical (unpaired) electrons. The van der Waals surface area contributed by atoms with E-state index in [2.05, 4.69) is 17.2 Å². The Labute approximate surface area is 141 Å². The van der Waals surface area contributed by atoms with Crippen LogP contribution in [0.5, 0.6) is 0 Å². The first kappa shape index (κ1) is 16.6. The fourth-order valence-electron chi connectivity index (χ4n) is 3.57. The predicted molar refractivity (Wildman–Crippen MR) is 93.1 cm³/mol. The van der Waals surface area contributed by atoms with Crippen LogP contribution in [0.1, 0.15) is 60.6 Å². The van der Waals surface area contributed by atoms with Crippen molar-refractivity contribution in [1.29, 1.82) is 0 Å². The second kappa shape index (κ2) is 7.07. The number of hydrogen-bond donors (Lipinski definition) is 3. The number of hydrogen-bond acceptors (Lipinski definition) is 2. The van der Waals surface area contributed by atoms with Crippen molar-refractivity contribution in [2.75, 3.05) is 0 Å². The Kier molecular flexibility index (Phi) is 4.88. The zero-order chi connectivity index (χ0) is 17.1. The second-order valence-corrected chi connectivity index (χ2v) is 6.57. The van der Waals surface area contributed by atoms with Gasteiger partial charge in [0.05, 0.1) is 0 Å². The smallest absolute Gasteiger partial charge is 0.352 e. The van der Waals surface area contributed by atoms with E-state index in [1.807, 2.05) is 18.2 Å². The lowest BCUT2D eigenvalue weighted by Gasteiger charge is -2.20. The molecule has 1 heterocycles. The van der Waals surface area contributed by atoms with Gasteiger partial charge in [-0.1, -0.05) is 32.3 Å². The third kappa shape index (κ3) is 3.30. The molecule has 1 amide bonds. The summed E-state index contributed by atoms with van der Waals surface area (Å²) in [6, 6.07) is 5.92. The van der Waals surface area contributed by atoms with Crippen molar-refractivity contribution in [3.05, 3.63) is 35.0 Å². The molecule has 1 aromatic carbocycles. The van der Waals surface area contributed by atoms with Crippen LogP contribution < -0.4 is 5.32 Å². The molecule has 1 saturated carbocycles. The van der Waals surface area contributed by atoms with E-state index in [0.29, 0.717) is 5.56 Å². The molecule has 3 rings (SSSR count). The highest BCUT2D eigenvalue weighted by Gasteiger charge is 2.23. The number of aromatic carboxylic acids is 1. The van der Waals surface area contributed by atoms with Crippen molar-refractivity contribution in [1.82, 2.24) is 10.3 Å². The number of carbonyl (C=O) groups excluding carboxylic acids is 1. The number of amides is 1. The van der Waals surface area contributed by atoms with Gasteiger partial charge in [-0.25, -0.2) is 4.79 Å². The molecule has 0 aliphatic heterocycles. The maximum Gasteiger partial charge on any atom is 0.352 e. The van der Waals surface area contributed by atoms with Crippen molar-refractivity contribution in [3.63, 3.8) is 0 Å². The molecule has 5 heteroatoms. The van der Waals surface area contributed by atoms with Gasteiger partial charge in [0.15, 0.2) is 0 Å². The minimum atomic E-state index is -0.994. The highest BCUT2D eigenvalue weighted by Crippen LogP contribution is 2.26. The first-order chi connectivity index (χ1) is 11.6. The standard InChI is InChI=1S/C19H24N2O3/c1-2-12-8-9-16-14(10-12)15(17(21-16)19(23)24)11-20-18(22)13-6-4-3-5-7-13/h8-10,13,21H,2-7,11H2,1H3,(H,20,22)(H,23,24). The minimum absolute atomic E-state index is 0.0482. The monoisotopic (exact) mass is 328 g/mol. The molecule has 1 aliphatic rings. The number of fused-ring (bicyclic) bond motifs is 1. The number of H-pyrrole nitrogens is 1. The van der Waals surface area contributed by atoms with Gasteiger partial charge in [-0.3, -0.25) is 4.79 Å². The summed E-state index contributed by atoms with van der Waals surface area (Å²) in [5.74, 6) is -0.873. The van der Waals surface area contributed by atoms with E-state index >= 15 is 0 Å². The Morgan fingerprint density at radius 1 is 1.25 bits per heavy atom. The van der Waals surface area contributed by atoms with Crippen molar-refractivity contribution >= 4 is 22.8 Å². The average Bonchev–Trinajstić information content (AvgIpc) is 2.98. The van der Waals surface area contributed by atoms with Gasteiger partial charge >= 0.3 is 5.97 Å². The summed E-state index contributed by atoms with van der Waals surface area (Å²) >= 11 is 0. The van der Waals surface area contributed by atoms with Crippen LogP contribution in [0.4, 0.5) is 0 Å². The van der Waals surface area contributed by atoms with E-state index in [4.69, 9.17) is 0 Å². The van der Waals surface area contributed by atoms with E-state index in [1.165, 1.54) is 6.42 Å². The Hall–Kier alpha value is -2.30. The van der Waals surface area contributed by atoms with E-state index in [-0.39, 0.29) is 24.1 Å². The molecule has 24 heavy (non-hydrogen) atoms. The molecule has 0 atom stereocenters. The van der Waals surface area contributed by atoms with Gasteiger partial charge < -0.3 is 15.4 Å². The lowest BCUT2D eigenvalue weighted by Crippen LogP contribution is -2.31. The van der Waals surface area contributed by atoms with E-state index < -0.39 is 5.97 Å². The molecule has 1 aromatic heterocycles. The van der Waals surface area contributed by atoms with Crippen LogP contribution in [0.3, 0.4) is 0 Å². The van der Waals surface area contributed by atoms with E-state index in [1.54, 1.807) is 0 Å². The number of aromatic nitrogens is 1. The van der Waals surface area contributed by atoms with Gasteiger partial charge in [-0.2, -0.15) is 0 Å². The van der Waals surface area contributed by atoms with Crippen molar-refractivity contribution in [3.8, 4) is 0 Å². The summed E-state index contributed by atoms with van der Waals surface area (Å²) in [5.41, 5.74) is 2.78. The highest BCUT2D eigenvalue weighted by molar-refractivity contribution is 5.98. The number of nitrogens with one attached hydrogen (secondary N) is 2. The molecule has 0 bridgehead atoms. The highest BCUT2D eigenvalue weighted by atomic mass is 16.4. The Morgan fingerprint density at radius 3 is 2.67 bits per heavy atom. The predicted octanol–water partition coefficient (Wildman–Crippen LogP) is 3.63. The Balaban J connectivity index is 1.84. The van der Waals surface area contributed by atoms with Crippen LogP contribution in [0.15, 0.2) is 18.2 Å². The maximum absolute atomic E-state index is 12.4. The molecular formula is C19H24N2O3. The average molecular weight is 328 g/mol. The van der Waals surface area contributed by atoms with Crippen LogP contribution in [0.2, 0.25) is 0 Å². The van der Waals surface area contributed by atoms with Crippen molar-refractivity contribution < 1.29 is 14.7 Å². The van der Waals surface area contributed by atoms with Gasteiger partial charge in [0.1, 0.15) is 5.69 Å². The van der Waals surface area contributed by atoms with Crippen LogP contribution in [-0.2, 0) is 17.8 Å². The summed E-state index contributed by atoms with van der Waals surface area (Å²) in [6.45, 7) is 2.32. The largest absolute Gasteiger partial charge is 0.477 e. The maximum atomic E-state index is 12.4. The van der Waals surface area contributed by atoms with Gasteiger partial charge in [-0.05, 0) is 37.0 Å². The summed E-state index contributed by atoms with van der Waals surface area (Å²) in [7, 11) is 0. The van der Waals surface area contributed by atoms with Gasteiger partial charge in [-0.15, -0.1) is 0 Å². The van der Waals surface area contributed by atoms with Crippen molar-refractivity contribution in [2.24, 2.45) is 5.92 Å². The molecule has 2 aromatic rings. The number of aryl methyl sites for hydroxylation is 1. The van der Waals surface area contributed by atoms with Gasteiger partial charge in [0, 0.05) is 28.9 Å². The van der Waals surface area contributed by atoms with E-state index in [9.17, 15) is 14.7 Å². The van der Waals surface area contributed by atoms with Crippen molar-refractivity contribution in [2.45, 2.75) is 52.0 Å². The summed E-state index contributed by atoms with van der Waals surface area (Å²) in [5, 5.41) is 13.3. The number of rotatable bonds is 5. The summed E-state index contributed by atoms with van der Waals surface area (Å²) in [6.07, 6.45) is 6.17. The number of carboxylic acid groups (broad SMARTS) is 1. The molecule has 0 saturated heterocycles. The normalized spacial score (nSPS) is 15.5. The Bertz CT molecular complexity index is 757. The zero-order valence-corrected chi connectivity index (χ0v) is 14.0. The molecule has 5 nitrogen and oxygen atoms in total. The lowest BCUT2D eigenvalue weighted by molar-refractivity contribution is -0.126. The minimum Gasteiger partial charge on any atom is -0.477 e. The van der Waals surface area contributed by atoms with Crippen LogP contribution in [0, 0.1) is 5.92 Å². The molecule has 0 spiro atoms. The van der Waals surface area contributed by atoms with Crippen LogP contribution in [0.25, 0.3) is 10.9 Å². The number of carbonyl (C=O) groups is 2. The Morgan fingerprint density at radius 2 is 2.00 bits per heavy atom. The fraction of sp³-hybridized carbons (Fsp3) is 0.474. The van der Waals surface area contributed by atoms with Crippen LogP contribution >= 0.6 is 0 Å². The van der Waals surface area contributed by atoms with E-state index in [0.717, 1.165) is 48.6 Å². The summed E-state index contributed by atoms with van der Waals surface area (Å²) in [4.78, 5) is 26.9. The van der Waals surface area contributed by atoms with Crippen LogP contribution in [-0.4, -0.2) is 22.0 Å². The fourth-order valence-corrected chi connectivity index (χ4v) is 3.57. The molecule has 0 unspecified atom stereocenters. The molecule has 1 fully saturated rings. The molecule has 1 aliphatic carbocycles. The SMILES string of the molecule is CCc1ccc2[nH]c(C(=O)O)c(CNC(=O)C3CCCCC3)c2c1. The lowest BCUT2D eigenvalue weighted by atomic mass is 9.88. The number of carboxylic acids is 1. The number of benzene rings is 1. The quantitative estimate of drug-likeness (QED) is 0.784. The first-order valence-corrected chi connectivity index (χ1v) is 8.74. The zero-order valence-electron chi connectivity index (χ0n) is 14.0. The van der Waals surface area contributed by atoms with Gasteiger partial charge in [0.2, 0.25) is 5.91 Å². The summed E-state index contributed by atoms with van der Waals surface area (Å²) < 4.78 is 0.